The molecule has 0 saturated heterocycles. The summed E-state index contributed by atoms with van der Waals surface area (Å²) in [5.41, 5.74) is 6.60. The molecule has 0 fully saturated rings. The first-order chi connectivity index (χ1) is 26.2. The predicted octanol–water partition coefficient (Wildman–Crippen LogP) is 8.27. The van der Waals surface area contributed by atoms with Gasteiger partial charge in [-0.25, -0.2) is 4.79 Å². The number of carboxylic acid groups (broad SMARTS) is 2. The van der Waals surface area contributed by atoms with Crippen molar-refractivity contribution in [2.75, 3.05) is 27.4 Å². The van der Waals surface area contributed by atoms with Crippen LogP contribution < -0.4 is 14.8 Å². The standard InChI is InChI=1S/C40H39NO5.C4H6O4/c1-4-31(41-39(42)45-27-38-36-16-10-8-14-34(36)35-15-9-11-17-37(35)38)26-46-40(28-12-6-5-7-13-28,29-18-22-32(43-2)23-19-29)30-20-24-33(44-3)25-21-30;5-3(6)1-2-4(7)8/h5-25,31,38H,4,26-27H2,1-3H3,(H,41,42);1-2H2,(H,5,6)(H,7,8). The number of carbonyl (C=O) groups excluding carboxylic acids is 1. The molecule has 1 atom stereocenters. The van der Waals surface area contributed by atoms with Gasteiger partial charge in [0.1, 0.15) is 23.7 Å². The molecule has 3 N–H and O–H groups in total. The van der Waals surface area contributed by atoms with Gasteiger partial charge in [-0.05, 0) is 69.6 Å². The molecule has 0 bridgehead atoms. The number of hydrogen-bond acceptors (Lipinski definition) is 7. The van der Waals surface area contributed by atoms with Crippen LogP contribution in [0.25, 0.3) is 11.1 Å². The maximum absolute atomic E-state index is 13.3. The largest absolute Gasteiger partial charge is 0.497 e. The van der Waals surface area contributed by atoms with Crippen molar-refractivity contribution >= 4 is 18.0 Å². The van der Waals surface area contributed by atoms with Crippen LogP contribution in [0.3, 0.4) is 0 Å². The molecule has 0 radical (unpaired) electrons. The number of methoxy groups -OCH3 is 2. The Morgan fingerprint density at radius 3 is 1.54 bits per heavy atom. The van der Waals surface area contributed by atoms with Gasteiger partial charge in [0.2, 0.25) is 0 Å². The van der Waals surface area contributed by atoms with Crippen LogP contribution in [0.15, 0.2) is 127 Å². The average Bonchev–Trinajstić information content (AvgIpc) is 3.53. The van der Waals surface area contributed by atoms with Crippen molar-refractivity contribution in [3.05, 3.63) is 155 Å². The molecule has 6 rings (SSSR count). The summed E-state index contributed by atoms with van der Waals surface area (Å²) in [5.74, 6) is -0.655. The second kappa shape index (κ2) is 18.6. The monoisotopic (exact) mass is 731 g/mol. The number of rotatable bonds is 15. The minimum Gasteiger partial charge on any atom is -0.497 e. The number of fused-ring (bicyclic) bond motifs is 3. The summed E-state index contributed by atoms with van der Waals surface area (Å²) >= 11 is 0. The van der Waals surface area contributed by atoms with E-state index in [9.17, 15) is 14.4 Å². The van der Waals surface area contributed by atoms with Gasteiger partial charge in [-0.1, -0.05) is 110 Å². The summed E-state index contributed by atoms with van der Waals surface area (Å²) in [6.07, 6.45) is -0.401. The molecule has 280 valence electrons. The molecular weight excluding hydrogens is 686 g/mol. The van der Waals surface area contributed by atoms with E-state index in [1.807, 2.05) is 97.9 Å². The van der Waals surface area contributed by atoms with Crippen LogP contribution in [0.1, 0.15) is 59.9 Å². The van der Waals surface area contributed by atoms with Crippen LogP contribution in [-0.2, 0) is 24.7 Å². The molecule has 1 aliphatic carbocycles. The van der Waals surface area contributed by atoms with Gasteiger partial charge in [-0.3, -0.25) is 9.59 Å². The Bertz CT molecular complexity index is 1890. The lowest BCUT2D eigenvalue weighted by Gasteiger charge is -2.37. The molecule has 1 amide bonds. The Labute approximate surface area is 315 Å². The highest BCUT2D eigenvalue weighted by molar-refractivity contribution is 5.79. The number of hydrogen-bond donors (Lipinski definition) is 3. The SMILES string of the molecule is CCC(COC(c1ccccc1)(c1ccc(OC)cc1)c1ccc(OC)cc1)NC(=O)OCC1c2ccccc2-c2ccccc21.O=C(O)CCC(=O)O. The van der Waals surface area contributed by atoms with E-state index in [2.05, 4.69) is 41.7 Å². The molecule has 1 unspecified atom stereocenters. The van der Waals surface area contributed by atoms with Gasteiger partial charge in [-0.15, -0.1) is 0 Å². The topological polar surface area (TPSA) is 141 Å². The van der Waals surface area contributed by atoms with E-state index < -0.39 is 23.6 Å². The van der Waals surface area contributed by atoms with Gasteiger partial charge in [-0.2, -0.15) is 0 Å². The third-order valence-electron chi connectivity index (χ3n) is 9.39. The first-order valence-corrected chi connectivity index (χ1v) is 17.7. The maximum Gasteiger partial charge on any atom is 0.407 e. The fourth-order valence-electron chi connectivity index (χ4n) is 6.58. The van der Waals surface area contributed by atoms with Crippen molar-refractivity contribution in [3.8, 4) is 22.6 Å². The van der Waals surface area contributed by atoms with E-state index in [0.717, 1.165) is 28.2 Å². The summed E-state index contributed by atoms with van der Waals surface area (Å²) in [5, 5.41) is 18.9. The van der Waals surface area contributed by atoms with Gasteiger partial charge in [0.05, 0.1) is 39.7 Å². The molecular formula is C44H45NO9. The molecule has 10 heteroatoms. The number of alkyl carbamates (subject to hydrolysis) is 1. The molecule has 0 aromatic heterocycles. The zero-order chi connectivity index (χ0) is 38.5. The zero-order valence-corrected chi connectivity index (χ0v) is 30.6. The molecule has 54 heavy (non-hydrogen) atoms. The summed E-state index contributed by atoms with van der Waals surface area (Å²) in [7, 11) is 3.31. The number of nitrogens with one attached hydrogen (secondary N) is 1. The fraction of sp³-hybridized carbons (Fsp3) is 0.250. The zero-order valence-electron chi connectivity index (χ0n) is 30.6. The Hall–Kier alpha value is -6.13. The molecule has 0 aliphatic heterocycles. The molecule has 0 saturated carbocycles. The van der Waals surface area contributed by atoms with Crippen molar-refractivity contribution in [1.82, 2.24) is 5.32 Å². The van der Waals surface area contributed by atoms with Crippen LogP contribution in [0.4, 0.5) is 4.79 Å². The fourth-order valence-corrected chi connectivity index (χ4v) is 6.58. The van der Waals surface area contributed by atoms with E-state index in [1.165, 1.54) is 22.3 Å². The van der Waals surface area contributed by atoms with E-state index in [1.54, 1.807) is 14.2 Å². The van der Waals surface area contributed by atoms with Crippen molar-refractivity contribution in [3.63, 3.8) is 0 Å². The van der Waals surface area contributed by atoms with Gasteiger partial charge >= 0.3 is 18.0 Å². The summed E-state index contributed by atoms with van der Waals surface area (Å²) < 4.78 is 23.8. The predicted molar refractivity (Wildman–Crippen MR) is 205 cm³/mol. The Morgan fingerprint density at radius 2 is 1.09 bits per heavy atom. The van der Waals surface area contributed by atoms with Gasteiger partial charge in [0, 0.05) is 5.92 Å². The number of carbonyl (C=O) groups is 3. The smallest absolute Gasteiger partial charge is 0.407 e. The molecule has 5 aromatic rings. The number of aliphatic carboxylic acids is 2. The Kier molecular flexibility index (Phi) is 13.4. The Morgan fingerprint density at radius 1 is 0.648 bits per heavy atom. The molecule has 1 aliphatic rings. The number of amides is 1. The average molecular weight is 732 g/mol. The highest BCUT2D eigenvalue weighted by Gasteiger charge is 2.39. The second-order valence-electron chi connectivity index (χ2n) is 12.7. The maximum atomic E-state index is 13.3. The van der Waals surface area contributed by atoms with Gasteiger partial charge in [0.25, 0.3) is 0 Å². The number of carboxylic acids is 2. The minimum absolute atomic E-state index is 0.00893. The normalized spacial score (nSPS) is 12.3. The van der Waals surface area contributed by atoms with E-state index in [0.29, 0.717) is 6.42 Å². The molecule has 10 nitrogen and oxygen atoms in total. The third-order valence-corrected chi connectivity index (χ3v) is 9.39. The van der Waals surface area contributed by atoms with Crippen LogP contribution >= 0.6 is 0 Å². The van der Waals surface area contributed by atoms with Crippen LogP contribution in [-0.4, -0.2) is 61.7 Å². The van der Waals surface area contributed by atoms with Crippen LogP contribution in [0.2, 0.25) is 0 Å². The van der Waals surface area contributed by atoms with E-state index >= 15 is 0 Å². The van der Waals surface area contributed by atoms with Crippen molar-refractivity contribution in [2.24, 2.45) is 0 Å². The minimum atomic E-state index is -1.08. The van der Waals surface area contributed by atoms with Crippen LogP contribution in [0.5, 0.6) is 11.5 Å². The van der Waals surface area contributed by atoms with Gasteiger partial charge < -0.3 is 34.5 Å². The second-order valence-corrected chi connectivity index (χ2v) is 12.7. The number of benzene rings is 5. The summed E-state index contributed by atoms with van der Waals surface area (Å²) in [6, 6.07) is 42.3. The third kappa shape index (κ3) is 9.26. The first kappa shape index (κ1) is 39.1. The van der Waals surface area contributed by atoms with E-state index in [4.69, 9.17) is 29.2 Å². The van der Waals surface area contributed by atoms with E-state index in [-0.39, 0.29) is 38.0 Å². The van der Waals surface area contributed by atoms with Gasteiger partial charge in [0.15, 0.2) is 0 Å². The number of ether oxygens (including phenoxy) is 4. The first-order valence-electron chi connectivity index (χ1n) is 17.7. The van der Waals surface area contributed by atoms with Crippen molar-refractivity contribution < 1.29 is 43.5 Å². The quantitative estimate of drug-likeness (QED) is 0.0908. The lowest BCUT2D eigenvalue weighted by atomic mass is 9.80. The van der Waals surface area contributed by atoms with Crippen molar-refractivity contribution in [1.29, 1.82) is 0 Å². The highest BCUT2D eigenvalue weighted by atomic mass is 16.6. The lowest BCUT2D eigenvalue weighted by molar-refractivity contribution is -0.143. The Balaban J connectivity index is 0.000000631. The van der Waals surface area contributed by atoms with Crippen LogP contribution in [0, 0.1) is 0 Å². The molecule has 0 heterocycles. The highest BCUT2D eigenvalue weighted by Crippen LogP contribution is 2.45. The lowest BCUT2D eigenvalue weighted by Crippen LogP contribution is -2.42. The molecule has 0 spiro atoms. The summed E-state index contributed by atoms with van der Waals surface area (Å²) in [4.78, 5) is 32.5. The van der Waals surface area contributed by atoms with Crippen molar-refractivity contribution in [2.45, 2.75) is 43.7 Å². The molecule has 5 aromatic carbocycles. The summed E-state index contributed by atoms with van der Waals surface area (Å²) in [6.45, 7) is 2.53.